The molecule has 0 bridgehead atoms. The van der Waals surface area contributed by atoms with Crippen LogP contribution in [-0.4, -0.2) is 40.4 Å². The third-order valence-corrected chi connectivity index (χ3v) is 7.63. The van der Waals surface area contributed by atoms with Crippen molar-refractivity contribution in [3.05, 3.63) is 73.7 Å². The first-order chi connectivity index (χ1) is 16.9. The van der Waals surface area contributed by atoms with Gasteiger partial charge in [0.2, 0.25) is 5.75 Å². The van der Waals surface area contributed by atoms with Crippen molar-refractivity contribution in [2.75, 3.05) is 11.5 Å². The molecule has 37 heavy (non-hydrogen) atoms. The fraction of sp³-hybridized carbons (Fsp3) is 0.348. The SMILES string of the molecule is Cc1cc(/C(F)=C/C(c2cc(Cl)c(Cl)c(Cl)c2)C(F)(F)F)ccc1C(=O)N[C@H](C)C[S+]([O-])CC(F)(F)F. The Morgan fingerprint density at radius 3 is 2.14 bits per heavy atom. The Labute approximate surface area is 226 Å². The lowest BCUT2D eigenvalue weighted by molar-refractivity contribution is -0.139. The van der Waals surface area contributed by atoms with Crippen LogP contribution < -0.4 is 5.32 Å². The minimum absolute atomic E-state index is 0.00800. The van der Waals surface area contributed by atoms with Gasteiger partial charge in [0.05, 0.1) is 21.1 Å². The fourth-order valence-electron chi connectivity index (χ4n) is 3.31. The van der Waals surface area contributed by atoms with Gasteiger partial charge in [0.1, 0.15) is 17.5 Å². The highest BCUT2D eigenvalue weighted by Gasteiger charge is 2.40. The second-order valence-electron chi connectivity index (χ2n) is 8.10. The van der Waals surface area contributed by atoms with Gasteiger partial charge in [-0.15, -0.1) is 0 Å². The van der Waals surface area contributed by atoms with E-state index in [1.54, 1.807) is 0 Å². The molecule has 0 spiro atoms. The highest BCUT2D eigenvalue weighted by molar-refractivity contribution is 7.91. The van der Waals surface area contributed by atoms with Gasteiger partial charge < -0.3 is 9.87 Å². The Hall–Kier alpha value is -1.66. The topological polar surface area (TPSA) is 52.2 Å². The van der Waals surface area contributed by atoms with Crippen molar-refractivity contribution in [3.63, 3.8) is 0 Å². The van der Waals surface area contributed by atoms with Crippen LogP contribution in [0.15, 0.2) is 36.4 Å². The summed E-state index contributed by atoms with van der Waals surface area (Å²) in [5.41, 5.74) is -0.502. The molecule has 0 fully saturated rings. The molecule has 0 saturated heterocycles. The number of hydrogen-bond acceptors (Lipinski definition) is 2. The zero-order valence-corrected chi connectivity index (χ0v) is 22.1. The summed E-state index contributed by atoms with van der Waals surface area (Å²) in [5, 5.41) is 1.77. The van der Waals surface area contributed by atoms with Crippen molar-refractivity contribution < 1.29 is 40.1 Å². The van der Waals surface area contributed by atoms with Gasteiger partial charge in [0.15, 0.2) is 0 Å². The highest BCUT2D eigenvalue weighted by atomic mass is 35.5. The van der Waals surface area contributed by atoms with Gasteiger partial charge in [-0.25, -0.2) is 4.39 Å². The van der Waals surface area contributed by atoms with Crippen LogP contribution in [0.3, 0.4) is 0 Å². The van der Waals surface area contributed by atoms with E-state index in [1.165, 1.54) is 13.8 Å². The molecule has 3 atom stereocenters. The Morgan fingerprint density at radius 1 is 1.08 bits per heavy atom. The average molecular weight is 613 g/mol. The van der Waals surface area contributed by atoms with E-state index >= 15 is 0 Å². The molecule has 0 aliphatic rings. The lowest BCUT2D eigenvalue weighted by Crippen LogP contribution is -2.40. The number of hydrogen-bond donors (Lipinski definition) is 1. The summed E-state index contributed by atoms with van der Waals surface area (Å²) in [6.45, 7) is 2.77. The van der Waals surface area contributed by atoms with E-state index in [0.29, 0.717) is 6.08 Å². The number of carbonyl (C=O) groups excluding carboxylic acids is 1. The van der Waals surface area contributed by atoms with Gasteiger partial charge in [-0.3, -0.25) is 4.79 Å². The minimum atomic E-state index is -4.91. The van der Waals surface area contributed by atoms with Crippen LogP contribution in [0.4, 0.5) is 30.7 Å². The van der Waals surface area contributed by atoms with Gasteiger partial charge in [-0.2, -0.15) is 26.3 Å². The van der Waals surface area contributed by atoms with Crippen LogP contribution >= 0.6 is 34.8 Å². The van der Waals surface area contributed by atoms with Crippen LogP contribution in [0, 0.1) is 6.92 Å². The largest absolute Gasteiger partial charge is 0.616 e. The van der Waals surface area contributed by atoms with Crippen molar-refractivity contribution in [2.45, 2.75) is 38.2 Å². The summed E-state index contributed by atoms with van der Waals surface area (Å²) in [7, 11) is 0. The van der Waals surface area contributed by atoms with E-state index in [-0.39, 0.29) is 31.8 Å². The Balaban J connectivity index is 2.25. The Morgan fingerprint density at radius 2 is 1.65 bits per heavy atom. The number of amides is 1. The molecule has 0 aliphatic heterocycles. The number of alkyl halides is 6. The fourth-order valence-corrected chi connectivity index (χ4v) is 5.04. The summed E-state index contributed by atoms with van der Waals surface area (Å²) in [6.07, 6.45) is -9.19. The smallest absolute Gasteiger partial charge is 0.433 e. The minimum Gasteiger partial charge on any atom is -0.616 e. The van der Waals surface area contributed by atoms with E-state index < -0.39 is 64.3 Å². The van der Waals surface area contributed by atoms with Gasteiger partial charge in [-0.05, 0) is 66.5 Å². The number of halogens is 10. The first-order valence-corrected chi connectivity index (χ1v) is 12.9. The van der Waals surface area contributed by atoms with E-state index in [2.05, 4.69) is 5.32 Å². The molecule has 0 radical (unpaired) electrons. The van der Waals surface area contributed by atoms with Crippen molar-refractivity contribution in [1.82, 2.24) is 5.32 Å². The first kappa shape index (κ1) is 31.6. The second kappa shape index (κ2) is 12.5. The Kier molecular flexibility index (Phi) is 10.6. The lowest BCUT2D eigenvalue weighted by Gasteiger charge is -2.19. The summed E-state index contributed by atoms with van der Waals surface area (Å²) < 4.78 is 105. The second-order valence-corrected chi connectivity index (χ2v) is 10.8. The summed E-state index contributed by atoms with van der Waals surface area (Å²) in [4.78, 5) is 12.5. The third-order valence-electron chi connectivity index (χ3n) is 4.92. The number of carbonyl (C=O) groups is 1. The lowest BCUT2D eigenvalue weighted by atomic mass is 9.95. The molecule has 2 unspecified atom stereocenters. The average Bonchev–Trinajstić information content (AvgIpc) is 2.72. The number of rotatable bonds is 8. The summed E-state index contributed by atoms with van der Waals surface area (Å²) in [5.74, 6) is -6.35. The molecule has 0 aliphatic carbocycles. The molecule has 1 amide bonds. The molecule has 204 valence electrons. The molecule has 1 N–H and O–H groups in total. The molecule has 0 saturated carbocycles. The predicted molar refractivity (Wildman–Crippen MR) is 131 cm³/mol. The van der Waals surface area contributed by atoms with Crippen LogP contribution in [0.5, 0.6) is 0 Å². The van der Waals surface area contributed by atoms with Gasteiger partial charge in [-0.1, -0.05) is 40.9 Å². The third kappa shape index (κ3) is 9.24. The molecule has 3 nitrogen and oxygen atoms in total. The predicted octanol–water partition coefficient (Wildman–Crippen LogP) is 8.04. The summed E-state index contributed by atoms with van der Waals surface area (Å²) >= 11 is 15.2. The van der Waals surface area contributed by atoms with Gasteiger partial charge in [0.25, 0.3) is 5.91 Å². The first-order valence-electron chi connectivity index (χ1n) is 10.3. The van der Waals surface area contributed by atoms with Crippen LogP contribution in [0.1, 0.15) is 39.9 Å². The number of aryl methyl sites for hydroxylation is 1. The van der Waals surface area contributed by atoms with E-state index in [4.69, 9.17) is 34.8 Å². The maximum absolute atomic E-state index is 14.9. The standard InChI is InChI=1S/C23H19Cl3F7NO2S/c1-11-5-13(3-4-15(11)21(35)34-12(2)9-37(36)10-22(28,29)30)19(27)8-16(23(31,32)33)14-6-17(24)20(26)18(25)7-14/h3-8,12,16H,9-10H2,1-2H3,(H,34,35)/b19-8-/t12-,16?,37?/m1/s1. The van der Waals surface area contributed by atoms with Crippen molar-refractivity contribution in [1.29, 1.82) is 0 Å². The maximum Gasteiger partial charge on any atom is 0.433 e. The van der Waals surface area contributed by atoms with E-state index in [0.717, 1.165) is 30.3 Å². The zero-order valence-electron chi connectivity index (χ0n) is 19.0. The van der Waals surface area contributed by atoms with Crippen molar-refractivity contribution in [2.24, 2.45) is 0 Å². The Bertz CT molecular complexity index is 1150. The molecular formula is C23H19Cl3F7NO2S. The van der Waals surface area contributed by atoms with E-state index in [1.807, 2.05) is 0 Å². The monoisotopic (exact) mass is 611 g/mol. The van der Waals surface area contributed by atoms with Crippen LogP contribution in [0.25, 0.3) is 5.83 Å². The molecular weight excluding hydrogens is 594 g/mol. The van der Waals surface area contributed by atoms with Crippen molar-refractivity contribution >= 4 is 57.7 Å². The van der Waals surface area contributed by atoms with E-state index in [9.17, 15) is 40.1 Å². The zero-order chi connectivity index (χ0) is 28.3. The summed E-state index contributed by atoms with van der Waals surface area (Å²) in [6, 6.07) is 4.36. The normalized spacial score (nSPS) is 15.3. The highest BCUT2D eigenvalue weighted by Crippen LogP contribution is 2.42. The van der Waals surface area contributed by atoms with Crippen LogP contribution in [-0.2, 0) is 11.2 Å². The number of allylic oxidation sites excluding steroid dienone is 1. The van der Waals surface area contributed by atoms with Crippen LogP contribution in [0.2, 0.25) is 15.1 Å². The quantitative estimate of drug-likeness (QED) is 0.186. The number of nitrogens with one attached hydrogen (secondary N) is 1. The molecule has 0 aromatic heterocycles. The van der Waals surface area contributed by atoms with Gasteiger partial charge >= 0.3 is 12.4 Å². The van der Waals surface area contributed by atoms with Gasteiger partial charge in [0, 0.05) is 11.1 Å². The molecule has 2 aromatic rings. The number of benzene rings is 2. The molecule has 0 heterocycles. The molecule has 2 rings (SSSR count). The molecule has 14 heteroatoms. The van der Waals surface area contributed by atoms with Crippen molar-refractivity contribution in [3.8, 4) is 0 Å². The maximum atomic E-state index is 14.9. The molecule has 2 aromatic carbocycles.